The van der Waals surface area contributed by atoms with E-state index in [1.807, 2.05) is 0 Å². The predicted molar refractivity (Wildman–Crippen MR) is 84.6 cm³/mol. The Hall–Kier alpha value is -2.68. The van der Waals surface area contributed by atoms with E-state index >= 15 is 0 Å². The first kappa shape index (κ1) is 17.7. The van der Waals surface area contributed by atoms with Crippen molar-refractivity contribution >= 4 is 21.9 Å². The summed E-state index contributed by atoms with van der Waals surface area (Å²) in [6.45, 7) is 2.81. The molecule has 0 unspecified atom stereocenters. The normalized spacial score (nSPS) is 12.6. The number of nitrogens with one attached hydrogen (secondary N) is 1. The molecular weight excluding hydrogens is 334 g/mol. The van der Waals surface area contributed by atoms with Gasteiger partial charge in [-0.2, -0.15) is 0 Å². The van der Waals surface area contributed by atoms with Gasteiger partial charge in [-0.05, 0) is 19.1 Å². The van der Waals surface area contributed by atoms with Gasteiger partial charge in [-0.3, -0.25) is 4.79 Å². The molecule has 0 saturated carbocycles. The van der Waals surface area contributed by atoms with Crippen LogP contribution in [-0.4, -0.2) is 45.7 Å². The standard InChI is InChI=1S/C15H17N3O5S/c1-10-3-5-13(6-4-10)24(22,23)18(11(2)19)14(15(20)21)7-12-8-16-9-17-12/h3-6,8-9,14H,7H2,1-2H3,(H,16,17)(H,20,21)/t14-/m0/s1. The Labute approximate surface area is 139 Å². The molecule has 0 spiro atoms. The average Bonchev–Trinajstić information content (AvgIpc) is 2.99. The van der Waals surface area contributed by atoms with Crippen LogP contribution < -0.4 is 0 Å². The fraction of sp³-hybridized carbons (Fsp3) is 0.267. The topological polar surface area (TPSA) is 120 Å². The van der Waals surface area contributed by atoms with Gasteiger partial charge in [0.25, 0.3) is 10.0 Å². The number of hydrogen-bond donors (Lipinski definition) is 2. The average molecular weight is 351 g/mol. The molecule has 1 amide bonds. The number of benzene rings is 1. The minimum atomic E-state index is -4.30. The van der Waals surface area contributed by atoms with Gasteiger partial charge in [0.05, 0.1) is 11.2 Å². The van der Waals surface area contributed by atoms with Crippen molar-refractivity contribution in [1.82, 2.24) is 14.3 Å². The van der Waals surface area contributed by atoms with Crippen LogP contribution in [0, 0.1) is 6.92 Å². The van der Waals surface area contributed by atoms with Crippen LogP contribution in [0.2, 0.25) is 0 Å². The van der Waals surface area contributed by atoms with Crippen LogP contribution in [-0.2, 0) is 26.0 Å². The van der Waals surface area contributed by atoms with Gasteiger partial charge >= 0.3 is 5.97 Å². The monoisotopic (exact) mass is 351 g/mol. The van der Waals surface area contributed by atoms with Crippen LogP contribution in [0.15, 0.2) is 41.7 Å². The third-order valence-corrected chi connectivity index (χ3v) is 5.32. The van der Waals surface area contributed by atoms with Gasteiger partial charge in [0, 0.05) is 25.2 Å². The minimum Gasteiger partial charge on any atom is -0.480 e. The van der Waals surface area contributed by atoms with Gasteiger partial charge in [0.2, 0.25) is 5.91 Å². The van der Waals surface area contributed by atoms with E-state index in [2.05, 4.69) is 9.97 Å². The Morgan fingerprint density at radius 3 is 2.38 bits per heavy atom. The van der Waals surface area contributed by atoms with E-state index in [9.17, 15) is 23.1 Å². The van der Waals surface area contributed by atoms with Gasteiger partial charge in [0.15, 0.2) is 6.04 Å². The van der Waals surface area contributed by atoms with E-state index in [1.165, 1.54) is 24.7 Å². The first-order valence-electron chi connectivity index (χ1n) is 7.05. The smallest absolute Gasteiger partial charge is 0.328 e. The summed E-state index contributed by atoms with van der Waals surface area (Å²) in [6, 6.07) is 4.27. The molecule has 1 heterocycles. The molecule has 0 aliphatic rings. The number of carbonyl (C=O) groups excluding carboxylic acids is 1. The molecule has 9 heteroatoms. The molecule has 0 aliphatic heterocycles. The zero-order valence-electron chi connectivity index (χ0n) is 13.1. The van der Waals surface area contributed by atoms with Crippen LogP contribution in [0.4, 0.5) is 0 Å². The molecule has 0 aliphatic carbocycles. The molecule has 2 N–H and O–H groups in total. The molecule has 1 aromatic carbocycles. The largest absolute Gasteiger partial charge is 0.480 e. The highest BCUT2D eigenvalue weighted by molar-refractivity contribution is 7.89. The highest BCUT2D eigenvalue weighted by atomic mass is 32.2. The number of sulfonamides is 1. The second kappa shape index (κ2) is 6.83. The number of carboxylic acids is 1. The van der Waals surface area contributed by atoms with Gasteiger partial charge in [0.1, 0.15) is 0 Å². The highest BCUT2D eigenvalue weighted by Crippen LogP contribution is 2.21. The maximum atomic E-state index is 12.8. The molecule has 2 aromatic rings. The first-order chi connectivity index (χ1) is 11.2. The van der Waals surface area contributed by atoms with E-state index in [0.29, 0.717) is 10.00 Å². The van der Waals surface area contributed by atoms with E-state index < -0.39 is 27.9 Å². The van der Waals surface area contributed by atoms with Gasteiger partial charge in [-0.25, -0.2) is 22.5 Å². The molecule has 0 saturated heterocycles. The molecule has 1 atom stereocenters. The summed E-state index contributed by atoms with van der Waals surface area (Å²) in [4.78, 5) is 29.9. The van der Waals surface area contributed by atoms with E-state index in [-0.39, 0.29) is 11.3 Å². The van der Waals surface area contributed by atoms with Crippen molar-refractivity contribution in [2.75, 3.05) is 0 Å². The zero-order chi connectivity index (χ0) is 17.9. The van der Waals surface area contributed by atoms with Gasteiger partial charge in [-0.15, -0.1) is 0 Å². The van der Waals surface area contributed by atoms with Crippen molar-refractivity contribution in [1.29, 1.82) is 0 Å². The van der Waals surface area contributed by atoms with Crippen LogP contribution in [0.25, 0.3) is 0 Å². The number of H-pyrrole nitrogens is 1. The van der Waals surface area contributed by atoms with Crippen LogP contribution in [0.3, 0.4) is 0 Å². The number of imidazole rings is 1. The molecule has 0 fully saturated rings. The predicted octanol–water partition coefficient (Wildman–Crippen LogP) is 0.951. The first-order valence-corrected chi connectivity index (χ1v) is 8.49. The molecule has 1 aromatic heterocycles. The maximum Gasteiger partial charge on any atom is 0.328 e. The summed E-state index contributed by atoms with van der Waals surface area (Å²) in [5.74, 6) is -2.29. The number of rotatable bonds is 6. The number of carbonyl (C=O) groups is 2. The second-order valence-corrected chi connectivity index (χ2v) is 7.08. The lowest BCUT2D eigenvalue weighted by Crippen LogP contribution is -2.48. The van der Waals surface area contributed by atoms with Crippen LogP contribution >= 0.6 is 0 Å². The number of aromatic nitrogens is 2. The number of amides is 1. The third-order valence-electron chi connectivity index (χ3n) is 3.42. The zero-order valence-corrected chi connectivity index (χ0v) is 13.9. The SMILES string of the molecule is CC(=O)N([C@@H](Cc1cnc[nH]1)C(=O)O)S(=O)(=O)c1ccc(C)cc1. The lowest BCUT2D eigenvalue weighted by Gasteiger charge is -2.27. The Morgan fingerprint density at radius 1 is 1.29 bits per heavy atom. The Kier molecular flexibility index (Phi) is 5.03. The molecule has 128 valence electrons. The fourth-order valence-electron chi connectivity index (χ4n) is 2.26. The van der Waals surface area contributed by atoms with Crippen molar-refractivity contribution in [3.8, 4) is 0 Å². The van der Waals surface area contributed by atoms with Crippen molar-refractivity contribution < 1.29 is 23.1 Å². The molecule has 24 heavy (non-hydrogen) atoms. The number of aromatic amines is 1. The van der Waals surface area contributed by atoms with Crippen molar-refractivity contribution in [3.63, 3.8) is 0 Å². The Morgan fingerprint density at radius 2 is 1.92 bits per heavy atom. The molecular formula is C15H17N3O5S. The lowest BCUT2D eigenvalue weighted by molar-refractivity contribution is -0.145. The van der Waals surface area contributed by atoms with E-state index in [0.717, 1.165) is 12.5 Å². The summed E-state index contributed by atoms with van der Waals surface area (Å²) in [6.07, 6.45) is 2.52. The molecule has 2 rings (SSSR count). The highest BCUT2D eigenvalue weighted by Gasteiger charge is 2.38. The van der Waals surface area contributed by atoms with E-state index in [1.54, 1.807) is 19.1 Å². The number of hydrogen-bond acceptors (Lipinski definition) is 5. The van der Waals surface area contributed by atoms with Crippen molar-refractivity contribution in [2.24, 2.45) is 0 Å². The van der Waals surface area contributed by atoms with Gasteiger partial charge in [-0.1, -0.05) is 17.7 Å². The van der Waals surface area contributed by atoms with Crippen molar-refractivity contribution in [3.05, 3.63) is 48.0 Å². The summed E-state index contributed by atoms with van der Waals surface area (Å²) < 4.78 is 26.0. The minimum absolute atomic E-state index is 0.140. The molecule has 8 nitrogen and oxygen atoms in total. The Bertz CT molecular complexity index is 829. The summed E-state index contributed by atoms with van der Waals surface area (Å²) in [5, 5.41) is 9.45. The molecule has 0 bridgehead atoms. The molecule has 0 radical (unpaired) electrons. The number of aliphatic carboxylic acids is 1. The van der Waals surface area contributed by atoms with Gasteiger partial charge < -0.3 is 10.1 Å². The maximum absolute atomic E-state index is 12.8. The third kappa shape index (κ3) is 3.62. The summed E-state index contributed by atoms with van der Waals surface area (Å²) in [7, 11) is -4.30. The van der Waals surface area contributed by atoms with Crippen LogP contribution in [0.5, 0.6) is 0 Å². The lowest BCUT2D eigenvalue weighted by atomic mass is 10.1. The quantitative estimate of drug-likeness (QED) is 0.799. The fourth-order valence-corrected chi connectivity index (χ4v) is 3.80. The number of nitrogens with zero attached hydrogens (tertiary/aromatic N) is 2. The number of carboxylic acid groups (broad SMARTS) is 1. The summed E-state index contributed by atoms with van der Waals surface area (Å²) >= 11 is 0. The second-order valence-electron chi connectivity index (χ2n) is 5.27. The van der Waals surface area contributed by atoms with Crippen molar-refractivity contribution in [2.45, 2.75) is 31.2 Å². The van der Waals surface area contributed by atoms with E-state index in [4.69, 9.17) is 0 Å². The number of aryl methyl sites for hydroxylation is 1. The summed E-state index contributed by atoms with van der Waals surface area (Å²) in [5.41, 5.74) is 1.25. The Balaban J connectivity index is 2.47. The van der Waals surface area contributed by atoms with Crippen LogP contribution in [0.1, 0.15) is 18.2 Å².